The maximum Gasteiger partial charge on any atom is -0.0383 e. The van der Waals surface area contributed by atoms with Crippen molar-refractivity contribution >= 4 is 0 Å². The molecule has 0 nitrogen and oxygen atoms in total. The van der Waals surface area contributed by atoms with Crippen LogP contribution in [0.1, 0.15) is 64.2 Å². The van der Waals surface area contributed by atoms with E-state index in [1.165, 1.54) is 64.2 Å². The third kappa shape index (κ3) is 3.00. The Bertz CT molecular complexity index is 115. The van der Waals surface area contributed by atoms with Gasteiger partial charge in [-0.2, -0.15) is 0 Å². The van der Waals surface area contributed by atoms with E-state index in [4.69, 9.17) is 0 Å². The van der Waals surface area contributed by atoms with Gasteiger partial charge in [-0.3, -0.25) is 0 Å². The average Bonchev–Trinajstić information content (AvgIpc) is 1.96. The summed E-state index contributed by atoms with van der Waals surface area (Å²) in [6, 6.07) is 0. The van der Waals surface area contributed by atoms with Gasteiger partial charge in [-0.25, -0.2) is 0 Å². The van der Waals surface area contributed by atoms with Crippen LogP contribution < -0.4 is 0 Å². The van der Waals surface area contributed by atoms with Gasteiger partial charge in [-0.1, -0.05) is 57.8 Å². The smallest absolute Gasteiger partial charge is 0.0383 e. The highest BCUT2D eigenvalue weighted by molar-refractivity contribution is 4.78. The molecular weight excluding hydrogens is 156 g/mol. The van der Waals surface area contributed by atoms with E-state index < -0.39 is 0 Å². The molecule has 0 saturated heterocycles. The van der Waals surface area contributed by atoms with E-state index in [9.17, 15) is 0 Å². The fraction of sp³-hybridized carbons (Fsp3) is 0.923. The monoisotopic (exact) mass is 179 g/mol. The van der Waals surface area contributed by atoms with Gasteiger partial charge in [0.1, 0.15) is 0 Å². The van der Waals surface area contributed by atoms with Crippen molar-refractivity contribution in [3.8, 4) is 0 Å². The zero-order valence-corrected chi connectivity index (χ0v) is 8.80. The molecule has 0 aromatic rings. The number of hydrogen-bond acceptors (Lipinski definition) is 0. The second-order valence-corrected chi connectivity index (χ2v) is 5.05. The van der Waals surface area contributed by atoms with Gasteiger partial charge in [-0.15, -0.1) is 0 Å². The van der Waals surface area contributed by atoms with E-state index in [0.29, 0.717) is 0 Å². The Balaban J connectivity index is 1.36. The molecule has 0 amide bonds. The molecule has 2 fully saturated rings. The fourth-order valence-corrected chi connectivity index (χ4v) is 2.41. The van der Waals surface area contributed by atoms with E-state index in [1.54, 1.807) is 0 Å². The maximum atomic E-state index is 2.56. The zero-order chi connectivity index (χ0) is 8.93. The summed E-state index contributed by atoms with van der Waals surface area (Å²) >= 11 is 0. The van der Waals surface area contributed by atoms with Crippen LogP contribution >= 0.6 is 0 Å². The lowest BCUT2D eigenvalue weighted by atomic mass is 9.80. The van der Waals surface area contributed by atoms with Crippen LogP contribution in [0.5, 0.6) is 0 Å². The molecule has 0 spiro atoms. The minimum Gasteiger partial charge on any atom is -0.0528 e. The molecule has 2 aliphatic carbocycles. The average molecular weight is 179 g/mol. The van der Waals surface area contributed by atoms with E-state index in [2.05, 4.69) is 6.42 Å². The first-order valence-corrected chi connectivity index (χ1v) is 6.27. The molecule has 13 heavy (non-hydrogen) atoms. The predicted octanol–water partition coefficient (Wildman–Crippen LogP) is 4.35. The summed E-state index contributed by atoms with van der Waals surface area (Å²) in [6.07, 6.45) is 17.5. The summed E-state index contributed by atoms with van der Waals surface area (Å²) in [4.78, 5) is 0. The highest BCUT2D eigenvalue weighted by atomic mass is 14.2. The Morgan fingerprint density at radius 2 is 1.62 bits per heavy atom. The predicted molar refractivity (Wildman–Crippen MR) is 57.5 cm³/mol. The van der Waals surface area contributed by atoms with E-state index >= 15 is 0 Å². The first kappa shape index (κ1) is 9.55. The summed E-state index contributed by atoms with van der Waals surface area (Å²) < 4.78 is 0. The van der Waals surface area contributed by atoms with Gasteiger partial charge in [0.25, 0.3) is 0 Å². The van der Waals surface area contributed by atoms with Crippen molar-refractivity contribution in [1.29, 1.82) is 0 Å². The van der Waals surface area contributed by atoms with Crippen molar-refractivity contribution in [2.75, 3.05) is 0 Å². The molecular formula is C13H23. The zero-order valence-electron chi connectivity index (χ0n) is 8.80. The van der Waals surface area contributed by atoms with Crippen LogP contribution in [0.15, 0.2) is 0 Å². The highest BCUT2D eigenvalue weighted by Gasteiger charge is 2.18. The Morgan fingerprint density at radius 3 is 2.15 bits per heavy atom. The van der Waals surface area contributed by atoms with Gasteiger partial charge in [-0.05, 0) is 24.7 Å². The van der Waals surface area contributed by atoms with E-state index in [-0.39, 0.29) is 0 Å². The maximum absolute atomic E-state index is 2.56. The first-order valence-electron chi connectivity index (χ1n) is 6.27. The van der Waals surface area contributed by atoms with Crippen LogP contribution in [0.2, 0.25) is 0 Å². The summed E-state index contributed by atoms with van der Waals surface area (Å²) in [6.45, 7) is 0. The van der Waals surface area contributed by atoms with Crippen molar-refractivity contribution < 1.29 is 0 Å². The van der Waals surface area contributed by atoms with Crippen molar-refractivity contribution in [3.05, 3.63) is 6.42 Å². The Morgan fingerprint density at radius 1 is 0.923 bits per heavy atom. The lowest BCUT2D eigenvalue weighted by Gasteiger charge is -2.26. The molecule has 0 aromatic carbocycles. The molecule has 1 radical (unpaired) electrons. The molecule has 0 bridgehead atoms. The molecule has 0 unspecified atom stereocenters. The Kier molecular flexibility index (Phi) is 3.69. The number of rotatable bonds is 6. The standard InChI is InChI=1S/C13H23/c1(2-6-12-8-4-9-12)3-7-13-10-5-11-13/h2,12-13H,1,3-11H2. The molecule has 0 aliphatic heterocycles. The quantitative estimate of drug-likeness (QED) is 0.532. The summed E-state index contributed by atoms with van der Waals surface area (Å²) in [5.41, 5.74) is 0. The molecule has 0 aromatic heterocycles. The third-order valence-corrected chi connectivity index (χ3v) is 3.97. The topological polar surface area (TPSA) is 0 Å². The van der Waals surface area contributed by atoms with Crippen molar-refractivity contribution in [2.24, 2.45) is 11.8 Å². The van der Waals surface area contributed by atoms with Crippen LogP contribution in [0, 0.1) is 18.3 Å². The molecule has 0 N–H and O–H groups in total. The van der Waals surface area contributed by atoms with E-state index in [1.807, 2.05) is 0 Å². The van der Waals surface area contributed by atoms with Crippen molar-refractivity contribution in [1.82, 2.24) is 0 Å². The first-order chi connectivity index (χ1) is 6.45. The fourth-order valence-electron chi connectivity index (χ4n) is 2.41. The number of hydrogen-bond donors (Lipinski definition) is 0. The normalized spacial score (nSPS) is 24.0. The molecule has 75 valence electrons. The van der Waals surface area contributed by atoms with Crippen LogP contribution in [0.3, 0.4) is 0 Å². The lowest BCUT2D eigenvalue weighted by molar-refractivity contribution is 0.284. The Hall–Kier alpha value is 0. The lowest BCUT2D eigenvalue weighted by Crippen LogP contribution is -2.11. The van der Waals surface area contributed by atoms with Gasteiger partial charge in [0.15, 0.2) is 0 Å². The summed E-state index contributed by atoms with van der Waals surface area (Å²) in [5.74, 6) is 2.21. The SMILES string of the molecule is [CH](CCCC1CCC1)CC1CCC1. The van der Waals surface area contributed by atoms with Crippen LogP contribution in [-0.4, -0.2) is 0 Å². The summed E-state index contributed by atoms with van der Waals surface area (Å²) in [7, 11) is 0. The minimum atomic E-state index is 1.09. The molecule has 2 aliphatic rings. The van der Waals surface area contributed by atoms with Gasteiger partial charge in [0.05, 0.1) is 0 Å². The second-order valence-electron chi connectivity index (χ2n) is 5.05. The Labute approximate surface area is 83.1 Å². The number of unbranched alkanes of at least 4 members (excludes halogenated alkanes) is 2. The van der Waals surface area contributed by atoms with Gasteiger partial charge in [0, 0.05) is 0 Å². The minimum absolute atomic E-state index is 1.09. The van der Waals surface area contributed by atoms with Crippen molar-refractivity contribution in [2.45, 2.75) is 64.2 Å². The molecule has 0 heterocycles. The molecule has 0 atom stereocenters. The molecule has 2 rings (SSSR count). The highest BCUT2D eigenvalue weighted by Crippen LogP contribution is 2.33. The van der Waals surface area contributed by atoms with Gasteiger partial charge < -0.3 is 0 Å². The van der Waals surface area contributed by atoms with E-state index in [0.717, 1.165) is 11.8 Å². The molecule has 0 heteroatoms. The third-order valence-electron chi connectivity index (χ3n) is 3.97. The largest absolute Gasteiger partial charge is 0.0528 e. The summed E-state index contributed by atoms with van der Waals surface area (Å²) in [5, 5.41) is 0. The van der Waals surface area contributed by atoms with Crippen LogP contribution in [0.25, 0.3) is 0 Å². The molecule has 2 saturated carbocycles. The second kappa shape index (κ2) is 5.02. The van der Waals surface area contributed by atoms with Gasteiger partial charge in [0.2, 0.25) is 0 Å². The van der Waals surface area contributed by atoms with Crippen LogP contribution in [0.4, 0.5) is 0 Å². The van der Waals surface area contributed by atoms with Gasteiger partial charge >= 0.3 is 0 Å². The van der Waals surface area contributed by atoms with Crippen molar-refractivity contribution in [3.63, 3.8) is 0 Å². The van der Waals surface area contributed by atoms with Crippen LogP contribution in [-0.2, 0) is 0 Å².